The topological polar surface area (TPSA) is 68.9 Å². The van der Waals surface area contributed by atoms with Gasteiger partial charge >= 0.3 is 0 Å². The number of nitriles is 1. The molecule has 98 valence electrons. The smallest absolute Gasteiger partial charge is 0.123 e. The molecule has 0 saturated heterocycles. The summed E-state index contributed by atoms with van der Waals surface area (Å²) in [5.41, 5.74) is 1.68. The number of pyridine rings is 1. The Kier molecular flexibility index (Phi) is 4.86. The van der Waals surface area contributed by atoms with Crippen molar-refractivity contribution in [2.45, 2.75) is 12.5 Å². The lowest BCUT2D eigenvalue weighted by atomic mass is 10.0. The fourth-order valence-electron chi connectivity index (χ4n) is 1.94. The molecule has 0 bridgehead atoms. The molecule has 4 nitrogen and oxygen atoms in total. The van der Waals surface area contributed by atoms with Crippen LogP contribution in [0.15, 0.2) is 34.9 Å². The molecule has 1 aromatic heterocycles. The summed E-state index contributed by atoms with van der Waals surface area (Å²) in [7, 11) is 0. The molecule has 1 unspecified atom stereocenters. The monoisotopic (exact) mass is 319 g/mol. The molecule has 1 heterocycles. The molecular weight excluding hydrogens is 306 g/mol. The lowest BCUT2D eigenvalue weighted by molar-refractivity contribution is 0.285. The Morgan fingerprint density at radius 1 is 1.42 bits per heavy atom. The minimum Gasteiger partial charge on any atom is -0.396 e. The third kappa shape index (κ3) is 3.10. The maximum atomic E-state index is 9.29. The standard InChI is InChI=1S/C14H14BrN3O/c15-12-5-4-11(13(9-16)17-7-2-8-19)14-10(12)3-1-6-18-14/h1,3-6,13,17,19H,2,7-8H2. The van der Waals surface area contributed by atoms with E-state index in [2.05, 4.69) is 32.3 Å². The predicted molar refractivity (Wildman–Crippen MR) is 77.5 cm³/mol. The molecule has 0 saturated carbocycles. The van der Waals surface area contributed by atoms with Crippen LogP contribution in [0, 0.1) is 11.3 Å². The van der Waals surface area contributed by atoms with Crippen molar-refractivity contribution < 1.29 is 5.11 Å². The van der Waals surface area contributed by atoms with Gasteiger partial charge in [0.15, 0.2) is 0 Å². The third-order valence-electron chi connectivity index (χ3n) is 2.87. The lowest BCUT2D eigenvalue weighted by Gasteiger charge is -2.14. The summed E-state index contributed by atoms with van der Waals surface area (Å²) in [6, 6.07) is 9.49. The number of rotatable bonds is 5. The van der Waals surface area contributed by atoms with Crippen molar-refractivity contribution in [2.24, 2.45) is 0 Å². The number of aromatic nitrogens is 1. The molecule has 0 aliphatic heterocycles. The number of benzene rings is 1. The van der Waals surface area contributed by atoms with Gasteiger partial charge in [-0.1, -0.05) is 28.1 Å². The maximum Gasteiger partial charge on any atom is 0.123 e. The van der Waals surface area contributed by atoms with Crippen LogP contribution in [0.1, 0.15) is 18.0 Å². The van der Waals surface area contributed by atoms with Gasteiger partial charge in [0.2, 0.25) is 0 Å². The van der Waals surface area contributed by atoms with Crippen LogP contribution in [0.25, 0.3) is 10.9 Å². The normalized spacial score (nSPS) is 12.3. The van der Waals surface area contributed by atoms with E-state index >= 15 is 0 Å². The van der Waals surface area contributed by atoms with Crippen molar-refractivity contribution in [3.05, 3.63) is 40.5 Å². The van der Waals surface area contributed by atoms with Gasteiger partial charge < -0.3 is 5.11 Å². The van der Waals surface area contributed by atoms with E-state index in [0.29, 0.717) is 13.0 Å². The molecular formula is C14H14BrN3O. The van der Waals surface area contributed by atoms with Gasteiger partial charge in [0, 0.05) is 28.2 Å². The second-order valence-corrected chi connectivity index (χ2v) is 4.98. The summed E-state index contributed by atoms with van der Waals surface area (Å²) >= 11 is 3.49. The van der Waals surface area contributed by atoms with Crippen LogP contribution < -0.4 is 5.32 Å². The molecule has 0 fully saturated rings. The Morgan fingerprint density at radius 3 is 3.00 bits per heavy atom. The zero-order chi connectivity index (χ0) is 13.7. The van der Waals surface area contributed by atoms with E-state index in [1.54, 1.807) is 6.20 Å². The molecule has 1 atom stereocenters. The van der Waals surface area contributed by atoms with Crippen molar-refractivity contribution in [2.75, 3.05) is 13.2 Å². The zero-order valence-electron chi connectivity index (χ0n) is 10.3. The van der Waals surface area contributed by atoms with E-state index in [1.807, 2.05) is 24.3 Å². The highest BCUT2D eigenvalue weighted by molar-refractivity contribution is 9.10. The molecule has 0 aliphatic rings. The van der Waals surface area contributed by atoms with Gasteiger partial charge in [0.25, 0.3) is 0 Å². The van der Waals surface area contributed by atoms with Gasteiger partial charge in [-0.2, -0.15) is 5.26 Å². The molecule has 1 aromatic carbocycles. The van der Waals surface area contributed by atoms with E-state index in [-0.39, 0.29) is 6.61 Å². The summed E-state index contributed by atoms with van der Waals surface area (Å²) in [5.74, 6) is 0. The van der Waals surface area contributed by atoms with Crippen LogP contribution >= 0.6 is 15.9 Å². The first-order chi connectivity index (χ1) is 9.27. The number of fused-ring (bicyclic) bond motifs is 1. The van der Waals surface area contributed by atoms with Crippen LogP contribution in [0.3, 0.4) is 0 Å². The fourth-order valence-corrected chi connectivity index (χ4v) is 2.40. The second kappa shape index (κ2) is 6.62. The highest BCUT2D eigenvalue weighted by atomic mass is 79.9. The Hall–Kier alpha value is -1.48. The number of nitrogens with one attached hydrogen (secondary N) is 1. The molecule has 5 heteroatoms. The maximum absolute atomic E-state index is 9.29. The van der Waals surface area contributed by atoms with Gasteiger partial charge in [-0.25, -0.2) is 0 Å². The highest BCUT2D eigenvalue weighted by Gasteiger charge is 2.14. The van der Waals surface area contributed by atoms with Crippen LogP contribution in [-0.4, -0.2) is 23.2 Å². The Balaban J connectivity index is 2.38. The third-order valence-corrected chi connectivity index (χ3v) is 3.56. The average molecular weight is 320 g/mol. The zero-order valence-corrected chi connectivity index (χ0v) is 11.9. The predicted octanol–water partition coefficient (Wildman–Crippen LogP) is 2.53. The van der Waals surface area contributed by atoms with Crippen LogP contribution in [-0.2, 0) is 0 Å². The van der Waals surface area contributed by atoms with E-state index in [4.69, 9.17) is 5.11 Å². The van der Waals surface area contributed by atoms with Crippen molar-refractivity contribution in [1.29, 1.82) is 5.26 Å². The van der Waals surface area contributed by atoms with Crippen LogP contribution in [0.4, 0.5) is 0 Å². The summed E-state index contributed by atoms with van der Waals surface area (Å²) in [6.45, 7) is 0.712. The highest BCUT2D eigenvalue weighted by Crippen LogP contribution is 2.28. The summed E-state index contributed by atoms with van der Waals surface area (Å²) in [6.07, 6.45) is 2.35. The Morgan fingerprint density at radius 2 is 2.26 bits per heavy atom. The van der Waals surface area contributed by atoms with Gasteiger partial charge in [-0.05, 0) is 25.1 Å². The molecule has 0 aliphatic carbocycles. The van der Waals surface area contributed by atoms with Crippen LogP contribution in [0.5, 0.6) is 0 Å². The minimum absolute atomic E-state index is 0.116. The van der Waals surface area contributed by atoms with E-state index in [9.17, 15) is 5.26 Å². The van der Waals surface area contributed by atoms with Gasteiger partial charge in [-0.3, -0.25) is 10.3 Å². The van der Waals surface area contributed by atoms with Gasteiger partial charge in [-0.15, -0.1) is 0 Å². The molecule has 2 rings (SSSR count). The van der Waals surface area contributed by atoms with Crippen molar-refractivity contribution in [1.82, 2.24) is 10.3 Å². The van der Waals surface area contributed by atoms with E-state index in [1.165, 1.54) is 0 Å². The first-order valence-electron chi connectivity index (χ1n) is 6.05. The first kappa shape index (κ1) is 13.9. The first-order valence-corrected chi connectivity index (χ1v) is 6.84. The average Bonchev–Trinajstić information content (AvgIpc) is 2.45. The summed E-state index contributed by atoms with van der Waals surface area (Å²) in [4.78, 5) is 4.37. The molecule has 0 radical (unpaired) electrons. The summed E-state index contributed by atoms with van der Waals surface area (Å²) < 4.78 is 0.964. The molecule has 19 heavy (non-hydrogen) atoms. The number of aliphatic hydroxyl groups excluding tert-OH is 1. The van der Waals surface area contributed by atoms with Crippen LogP contribution in [0.2, 0.25) is 0 Å². The second-order valence-electron chi connectivity index (χ2n) is 4.13. The number of aliphatic hydroxyl groups is 1. The number of hydrogen-bond acceptors (Lipinski definition) is 4. The Labute approximate surface area is 120 Å². The lowest BCUT2D eigenvalue weighted by Crippen LogP contribution is -2.22. The van der Waals surface area contributed by atoms with Gasteiger partial charge in [0.05, 0.1) is 11.6 Å². The molecule has 2 aromatic rings. The minimum atomic E-state index is -0.419. The fraction of sp³-hybridized carbons (Fsp3) is 0.286. The number of nitrogens with zero attached hydrogens (tertiary/aromatic N) is 2. The number of hydrogen-bond donors (Lipinski definition) is 2. The van der Waals surface area contributed by atoms with Crippen molar-refractivity contribution in [3.63, 3.8) is 0 Å². The quantitative estimate of drug-likeness (QED) is 0.831. The largest absolute Gasteiger partial charge is 0.396 e. The van der Waals surface area contributed by atoms with Crippen molar-refractivity contribution in [3.8, 4) is 6.07 Å². The SMILES string of the molecule is N#CC(NCCCO)c1ccc(Br)c2cccnc12. The van der Waals surface area contributed by atoms with Gasteiger partial charge in [0.1, 0.15) is 6.04 Å². The molecule has 0 spiro atoms. The number of halogens is 1. The van der Waals surface area contributed by atoms with Crippen molar-refractivity contribution >= 4 is 26.8 Å². The Bertz CT molecular complexity index is 609. The molecule has 2 N–H and O–H groups in total. The van der Waals surface area contributed by atoms with E-state index < -0.39 is 6.04 Å². The summed E-state index contributed by atoms with van der Waals surface area (Å²) in [5, 5.41) is 22.2. The van der Waals surface area contributed by atoms with E-state index in [0.717, 1.165) is 20.9 Å². The molecule has 0 amide bonds.